The maximum Gasteiger partial charge on any atom is 0.418 e. The minimum Gasteiger partial charge on any atom is -0.497 e. The minimum absolute atomic E-state index is 0.141. The van der Waals surface area contributed by atoms with Gasteiger partial charge >= 0.3 is 6.18 Å². The molecule has 0 amide bonds. The molecular weight excluding hydrogens is 283 g/mol. The molecule has 2 aromatic rings. The van der Waals surface area contributed by atoms with Crippen molar-refractivity contribution in [1.82, 2.24) is 4.57 Å². The number of aliphatic hydroxyl groups is 1. The molecule has 21 heavy (non-hydrogen) atoms. The number of alkyl halides is 3. The lowest BCUT2D eigenvalue weighted by Gasteiger charge is -2.12. The Morgan fingerprint density at radius 3 is 2.43 bits per heavy atom. The van der Waals surface area contributed by atoms with Gasteiger partial charge in [0.1, 0.15) is 5.75 Å². The summed E-state index contributed by atoms with van der Waals surface area (Å²) in [6.45, 7) is 0.539. The van der Waals surface area contributed by atoms with Crippen molar-refractivity contribution in [2.24, 2.45) is 0 Å². The molecule has 0 saturated carbocycles. The highest BCUT2D eigenvalue weighted by atomic mass is 19.4. The van der Waals surface area contributed by atoms with Crippen molar-refractivity contribution in [3.63, 3.8) is 0 Å². The van der Waals surface area contributed by atoms with Crippen molar-refractivity contribution in [3.8, 4) is 5.75 Å². The van der Waals surface area contributed by atoms with E-state index in [1.165, 1.54) is 18.5 Å². The number of rotatable bonds is 5. The summed E-state index contributed by atoms with van der Waals surface area (Å²) in [7, 11) is 1.59. The number of nitrogens with zero attached hydrogens (tertiary/aromatic N) is 1. The van der Waals surface area contributed by atoms with Gasteiger partial charge in [-0.2, -0.15) is 13.2 Å². The van der Waals surface area contributed by atoms with Gasteiger partial charge in [-0.15, -0.1) is 0 Å². The van der Waals surface area contributed by atoms with E-state index in [4.69, 9.17) is 9.84 Å². The third-order valence-electron chi connectivity index (χ3n) is 3.22. The van der Waals surface area contributed by atoms with Gasteiger partial charge in [0, 0.05) is 24.5 Å². The largest absolute Gasteiger partial charge is 0.497 e. The molecule has 1 aromatic heterocycles. The number of aromatic nitrogens is 1. The van der Waals surface area contributed by atoms with E-state index in [1.54, 1.807) is 11.7 Å². The Bertz CT molecular complexity index is 575. The first-order chi connectivity index (χ1) is 9.90. The van der Waals surface area contributed by atoms with Gasteiger partial charge in [0.05, 0.1) is 7.11 Å². The predicted octanol–water partition coefficient (Wildman–Crippen LogP) is 3.34. The van der Waals surface area contributed by atoms with Crippen LogP contribution in [0.15, 0.2) is 42.7 Å². The average molecular weight is 299 g/mol. The van der Waals surface area contributed by atoms with Gasteiger partial charge < -0.3 is 14.4 Å². The number of hydrogen-bond acceptors (Lipinski definition) is 2. The lowest BCUT2D eigenvalue weighted by molar-refractivity contribution is -0.206. The van der Waals surface area contributed by atoms with Crippen molar-refractivity contribution in [3.05, 3.63) is 53.9 Å². The molecule has 114 valence electrons. The number of aryl methyl sites for hydroxylation is 2. The van der Waals surface area contributed by atoms with Gasteiger partial charge in [-0.25, -0.2) is 0 Å². The third-order valence-corrected chi connectivity index (χ3v) is 3.22. The van der Waals surface area contributed by atoms with E-state index in [9.17, 15) is 13.2 Å². The predicted molar refractivity (Wildman–Crippen MR) is 72.1 cm³/mol. The molecule has 0 aliphatic rings. The fourth-order valence-electron chi connectivity index (χ4n) is 2.00. The lowest BCUT2D eigenvalue weighted by atomic mass is 10.1. The van der Waals surface area contributed by atoms with E-state index in [1.807, 2.05) is 24.3 Å². The maximum absolute atomic E-state index is 12.4. The summed E-state index contributed by atoms with van der Waals surface area (Å²) in [5, 5.41) is 9.16. The van der Waals surface area contributed by atoms with E-state index >= 15 is 0 Å². The van der Waals surface area contributed by atoms with Gasteiger partial charge in [-0.3, -0.25) is 0 Å². The highest BCUT2D eigenvalue weighted by Gasteiger charge is 2.39. The third kappa shape index (κ3) is 4.01. The molecule has 1 aromatic carbocycles. The van der Waals surface area contributed by atoms with Crippen LogP contribution in [0.5, 0.6) is 5.75 Å². The van der Waals surface area contributed by atoms with E-state index in [-0.39, 0.29) is 5.56 Å². The molecule has 0 bridgehead atoms. The van der Waals surface area contributed by atoms with Crippen LogP contribution in [0.1, 0.15) is 17.2 Å². The zero-order chi connectivity index (χ0) is 15.5. The Labute approximate surface area is 120 Å². The van der Waals surface area contributed by atoms with Crippen LogP contribution in [0.2, 0.25) is 0 Å². The summed E-state index contributed by atoms with van der Waals surface area (Å²) in [6.07, 6.45) is -3.53. The smallest absolute Gasteiger partial charge is 0.418 e. The molecule has 6 heteroatoms. The van der Waals surface area contributed by atoms with Crippen LogP contribution in [0.3, 0.4) is 0 Å². The molecule has 0 fully saturated rings. The molecule has 1 atom stereocenters. The Hall–Kier alpha value is -1.95. The highest BCUT2D eigenvalue weighted by Crippen LogP contribution is 2.32. The van der Waals surface area contributed by atoms with Gasteiger partial charge in [-0.05, 0) is 30.2 Å². The van der Waals surface area contributed by atoms with Crippen LogP contribution in [-0.4, -0.2) is 23.0 Å². The first-order valence-corrected chi connectivity index (χ1v) is 6.43. The van der Waals surface area contributed by atoms with Crippen molar-refractivity contribution in [2.45, 2.75) is 25.2 Å². The Morgan fingerprint density at radius 1 is 1.19 bits per heavy atom. The fraction of sp³-hybridized carbons (Fsp3) is 0.333. The van der Waals surface area contributed by atoms with Crippen molar-refractivity contribution >= 4 is 0 Å². The topological polar surface area (TPSA) is 34.4 Å². The second kappa shape index (κ2) is 6.22. The van der Waals surface area contributed by atoms with Crippen LogP contribution in [0, 0.1) is 0 Å². The molecule has 1 N–H and O–H groups in total. The second-order valence-electron chi connectivity index (χ2n) is 4.72. The van der Waals surface area contributed by atoms with Crippen LogP contribution in [-0.2, 0) is 13.0 Å². The van der Waals surface area contributed by atoms with E-state index in [0.717, 1.165) is 11.3 Å². The zero-order valence-corrected chi connectivity index (χ0v) is 11.5. The quantitative estimate of drug-likeness (QED) is 0.919. The van der Waals surface area contributed by atoms with Gasteiger partial charge in [-0.1, -0.05) is 12.1 Å². The SMILES string of the molecule is COc1ccc(CCn2ccc(C(O)C(F)(F)F)c2)cc1. The zero-order valence-electron chi connectivity index (χ0n) is 11.5. The summed E-state index contributed by atoms with van der Waals surface area (Å²) in [4.78, 5) is 0. The van der Waals surface area contributed by atoms with Crippen LogP contribution in [0.25, 0.3) is 0 Å². The Balaban J connectivity index is 1.96. The molecule has 3 nitrogen and oxygen atoms in total. The number of ether oxygens (including phenoxy) is 1. The summed E-state index contributed by atoms with van der Waals surface area (Å²) in [5.41, 5.74) is 0.916. The summed E-state index contributed by atoms with van der Waals surface area (Å²) < 4.78 is 43.9. The van der Waals surface area contributed by atoms with Crippen molar-refractivity contribution in [2.75, 3.05) is 7.11 Å². The molecule has 1 unspecified atom stereocenters. The molecule has 0 aliphatic heterocycles. The summed E-state index contributed by atoms with van der Waals surface area (Å²) in [6, 6.07) is 8.78. The number of aliphatic hydroxyl groups excluding tert-OH is 1. The molecule has 0 radical (unpaired) electrons. The van der Waals surface area contributed by atoms with E-state index in [0.29, 0.717) is 13.0 Å². The Morgan fingerprint density at radius 2 is 1.86 bits per heavy atom. The standard InChI is InChI=1S/C15H16F3NO2/c1-21-13-4-2-11(3-5-13)6-8-19-9-7-12(10-19)14(20)15(16,17)18/h2-5,7,9-10,14,20H,6,8H2,1H3. The van der Waals surface area contributed by atoms with E-state index < -0.39 is 12.3 Å². The van der Waals surface area contributed by atoms with Crippen LogP contribution in [0.4, 0.5) is 13.2 Å². The first-order valence-electron chi connectivity index (χ1n) is 6.43. The van der Waals surface area contributed by atoms with Gasteiger partial charge in [0.25, 0.3) is 0 Å². The second-order valence-corrected chi connectivity index (χ2v) is 4.72. The normalized spacial score (nSPS) is 13.2. The molecule has 0 spiro atoms. The number of benzene rings is 1. The lowest BCUT2D eigenvalue weighted by Crippen LogP contribution is -2.19. The molecule has 1 heterocycles. The molecule has 2 rings (SSSR count). The van der Waals surface area contributed by atoms with Crippen LogP contribution >= 0.6 is 0 Å². The molecule has 0 aliphatic carbocycles. The summed E-state index contributed by atoms with van der Waals surface area (Å²) >= 11 is 0. The number of methoxy groups -OCH3 is 1. The maximum atomic E-state index is 12.4. The van der Waals surface area contributed by atoms with E-state index in [2.05, 4.69) is 0 Å². The minimum atomic E-state index is -4.64. The Kier molecular flexibility index (Phi) is 4.57. The molecule has 0 saturated heterocycles. The van der Waals surface area contributed by atoms with Crippen LogP contribution < -0.4 is 4.74 Å². The fourth-order valence-corrected chi connectivity index (χ4v) is 2.00. The number of halogens is 3. The first kappa shape index (κ1) is 15.4. The van der Waals surface area contributed by atoms with Crippen molar-refractivity contribution < 1.29 is 23.0 Å². The van der Waals surface area contributed by atoms with Gasteiger partial charge in [0.2, 0.25) is 0 Å². The average Bonchev–Trinajstić information content (AvgIpc) is 2.92. The monoisotopic (exact) mass is 299 g/mol. The van der Waals surface area contributed by atoms with Crippen molar-refractivity contribution in [1.29, 1.82) is 0 Å². The number of hydrogen-bond donors (Lipinski definition) is 1. The summed E-state index contributed by atoms with van der Waals surface area (Å²) in [5.74, 6) is 0.760. The highest BCUT2D eigenvalue weighted by molar-refractivity contribution is 5.27. The van der Waals surface area contributed by atoms with Gasteiger partial charge in [0.15, 0.2) is 6.10 Å². The molecular formula is C15H16F3NO2.